The third-order valence-electron chi connectivity index (χ3n) is 4.30. The zero-order chi connectivity index (χ0) is 18.4. The van der Waals surface area contributed by atoms with Crippen molar-refractivity contribution in [2.75, 3.05) is 19.8 Å². The Kier molecular flexibility index (Phi) is 5.92. The van der Waals surface area contributed by atoms with Gasteiger partial charge in [-0.1, -0.05) is 30.3 Å². The molecule has 0 saturated heterocycles. The van der Waals surface area contributed by atoms with E-state index in [1.165, 1.54) is 0 Å². The molecule has 0 amide bonds. The van der Waals surface area contributed by atoms with Crippen LogP contribution in [-0.4, -0.2) is 35.9 Å². The van der Waals surface area contributed by atoms with Gasteiger partial charge in [-0.3, -0.25) is 4.79 Å². The van der Waals surface area contributed by atoms with Crippen LogP contribution in [0.5, 0.6) is 5.75 Å². The first-order valence-electron chi connectivity index (χ1n) is 8.78. The van der Waals surface area contributed by atoms with Crippen molar-refractivity contribution in [2.24, 2.45) is 0 Å². The molecule has 1 unspecified atom stereocenters. The van der Waals surface area contributed by atoms with Gasteiger partial charge in [0, 0.05) is 23.0 Å². The molecule has 0 radical (unpaired) electrons. The molecule has 0 spiro atoms. The van der Waals surface area contributed by atoms with Crippen LogP contribution in [0.1, 0.15) is 30.4 Å². The number of aliphatic hydroxyl groups is 1. The Hall–Kier alpha value is -2.79. The second kappa shape index (κ2) is 8.54. The average Bonchev–Trinajstić information content (AvgIpc) is 3.08. The summed E-state index contributed by atoms with van der Waals surface area (Å²) in [6.45, 7) is 2.39. The number of ether oxygens (including phenoxy) is 2. The lowest BCUT2D eigenvalue weighted by Gasteiger charge is -2.17. The van der Waals surface area contributed by atoms with Gasteiger partial charge in [-0.15, -0.1) is 0 Å². The molecule has 3 aromatic rings. The number of rotatable bonds is 8. The van der Waals surface area contributed by atoms with E-state index in [0.29, 0.717) is 12.4 Å². The number of hydrogen-bond donors (Lipinski definition) is 2. The van der Waals surface area contributed by atoms with E-state index in [4.69, 9.17) is 14.6 Å². The van der Waals surface area contributed by atoms with Crippen LogP contribution < -0.4 is 4.74 Å². The number of aromatic nitrogens is 1. The van der Waals surface area contributed by atoms with Crippen molar-refractivity contribution >= 4 is 16.9 Å². The molecule has 1 heterocycles. The molecule has 5 heteroatoms. The van der Waals surface area contributed by atoms with Crippen LogP contribution in [-0.2, 0) is 9.53 Å². The van der Waals surface area contributed by atoms with Crippen molar-refractivity contribution in [3.05, 3.63) is 65.9 Å². The maximum atomic E-state index is 12.2. The van der Waals surface area contributed by atoms with E-state index in [0.717, 1.165) is 22.0 Å². The van der Waals surface area contributed by atoms with E-state index in [1.807, 2.05) is 61.7 Å². The molecule has 1 atom stereocenters. The maximum Gasteiger partial charge on any atom is 0.306 e. The first-order valence-corrected chi connectivity index (χ1v) is 8.78. The van der Waals surface area contributed by atoms with E-state index in [-0.39, 0.29) is 31.5 Å². The summed E-state index contributed by atoms with van der Waals surface area (Å²) in [5.41, 5.74) is 3.05. The fourth-order valence-electron chi connectivity index (χ4n) is 3.14. The Balaban J connectivity index is 2.01. The minimum atomic E-state index is -0.219. The van der Waals surface area contributed by atoms with E-state index < -0.39 is 0 Å². The molecule has 2 N–H and O–H groups in total. The molecule has 0 aliphatic rings. The number of carbonyl (C=O) groups excluding carboxylic acids is 1. The van der Waals surface area contributed by atoms with Crippen LogP contribution in [0.2, 0.25) is 0 Å². The van der Waals surface area contributed by atoms with Crippen LogP contribution in [0.15, 0.2) is 54.7 Å². The van der Waals surface area contributed by atoms with Crippen molar-refractivity contribution in [1.29, 1.82) is 0 Å². The minimum Gasteiger partial charge on any atom is -0.491 e. The highest BCUT2D eigenvalue weighted by atomic mass is 16.5. The van der Waals surface area contributed by atoms with E-state index in [2.05, 4.69) is 4.98 Å². The van der Waals surface area contributed by atoms with Gasteiger partial charge >= 0.3 is 5.97 Å². The molecule has 26 heavy (non-hydrogen) atoms. The zero-order valence-electron chi connectivity index (χ0n) is 14.8. The summed E-state index contributed by atoms with van der Waals surface area (Å²) in [7, 11) is 0. The van der Waals surface area contributed by atoms with Gasteiger partial charge in [-0.05, 0) is 36.2 Å². The van der Waals surface area contributed by atoms with Crippen LogP contribution >= 0.6 is 0 Å². The van der Waals surface area contributed by atoms with Gasteiger partial charge in [0.2, 0.25) is 0 Å². The highest BCUT2D eigenvalue weighted by Crippen LogP contribution is 2.35. The number of aromatic amines is 1. The fraction of sp³-hybridized carbons (Fsp3) is 0.286. The Morgan fingerprint density at radius 2 is 2.00 bits per heavy atom. The molecule has 0 aliphatic heterocycles. The molecule has 1 aromatic heterocycles. The van der Waals surface area contributed by atoms with Crippen LogP contribution in [0.3, 0.4) is 0 Å². The largest absolute Gasteiger partial charge is 0.491 e. The number of H-pyrrole nitrogens is 1. The molecule has 0 fully saturated rings. The van der Waals surface area contributed by atoms with Crippen LogP contribution in [0.25, 0.3) is 10.9 Å². The number of esters is 1. The van der Waals surface area contributed by atoms with Crippen molar-refractivity contribution < 1.29 is 19.4 Å². The maximum absolute atomic E-state index is 12.2. The summed E-state index contributed by atoms with van der Waals surface area (Å²) in [6.07, 6.45) is 2.21. The monoisotopic (exact) mass is 353 g/mol. The Morgan fingerprint density at radius 1 is 1.19 bits per heavy atom. The number of aliphatic hydroxyl groups excluding tert-OH is 1. The Bertz CT molecular complexity index is 857. The summed E-state index contributed by atoms with van der Waals surface area (Å²) in [4.78, 5) is 15.5. The van der Waals surface area contributed by atoms with Crippen molar-refractivity contribution in [2.45, 2.75) is 19.3 Å². The topological polar surface area (TPSA) is 71.6 Å². The molecule has 0 aliphatic carbocycles. The number of hydrogen-bond acceptors (Lipinski definition) is 4. The summed E-state index contributed by atoms with van der Waals surface area (Å²) < 4.78 is 10.7. The predicted molar refractivity (Wildman–Crippen MR) is 100 cm³/mol. The summed E-state index contributed by atoms with van der Waals surface area (Å²) >= 11 is 0. The molecule has 3 rings (SSSR count). The predicted octanol–water partition coefficient (Wildman–Crippen LogP) is 3.62. The smallest absolute Gasteiger partial charge is 0.306 e. The Labute approximate surface area is 152 Å². The van der Waals surface area contributed by atoms with Gasteiger partial charge in [0.15, 0.2) is 0 Å². The number of carbonyl (C=O) groups is 1. The number of benzene rings is 2. The van der Waals surface area contributed by atoms with Crippen LogP contribution in [0, 0.1) is 0 Å². The summed E-state index contributed by atoms with van der Waals surface area (Å²) in [5, 5.41) is 9.96. The lowest BCUT2D eigenvalue weighted by molar-refractivity contribution is -0.143. The molecule has 2 aromatic carbocycles. The Morgan fingerprint density at radius 3 is 2.73 bits per heavy atom. The summed E-state index contributed by atoms with van der Waals surface area (Å²) in [6, 6.07) is 15.7. The standard InChI is InChI=1S/C21H23NO4/c1-2-25-21(24)13-17(15-6-4-3-5-7-15)19-14-22-20-9-8-16(12-18(19)20)26-11-10-23/h3-9,12,14,17,22-23H,2,10-11,13H2,1H3. The van der Waals surface area contributed by atoms with Crippen molar-refractivity contribution in [3.63, 3.8) is 0 Å². The molecule has 0 saturated carbocycles. The van der Waals surface area contributed by atoms with E-state index >= 15 is 0 Å². The second-order valence-corrected chi connectivity index (χ2v) is 6.00. The fourth-order valence-corrected chi connectivity index (χ4v) is 3.14. The second-order valence-electron chi connectivity index (χ2n) is 6.00. The van der Waals surface area contributed by atoms with Crippen LogP contribution in [0.4, 0.5) is 0 Å². The van der Waals surface area contributed by atoms with Gasteiger partial charge in [0.25, 0.3) is 0 Å². The molecular formula is C21H23NO4. The minimum absolute atomic E-state index is 0.0342. The van der Waals surface area contributed by atoms with Gasteiger partial charge in [0.1, 0.15) is 12.4 Å². The van der Waals surface area contributed by atoms with Crippen molar-refractivity contribution in [1.82, 2.24) is 4.98 Å². The molecule has 0 bridgehead atoms. The highest BCUT2D eigenvalue weighted by molar-refractivity contribution is 5.86. The van der Waals surface area contributed by atoms with E-state index in [9.17, 15) is 4.79 Å². The van der Waals surface area contributed by atoms with Gasteiger partial charge < -0.3 is 19.6 Å². The highest BCUT2D eigenvalue weighted by Gasteiger charge is 2.22. The van der Waals surface area contributed by atoms with Gasteiger partial charge in [0.05, 0.1) is 19.6 Å². The first-order chi connectivity index (χ1) is 12.7. The third-order valence-corrected chi connectivity index (χ3v) is 4.30. The number of fused-ring (bicyclic) bond motifs is 1. The average molecular weight is 353 g/mol. The first kappa shape index (κ1) is 18.0. The molecule has 136 valence electrons. The third kappa shape index (κ3) is 4.06. The normalized spacial score (nSPS) is 12.1. The molecule has 5 nitrogen and oxygen atoms in total. The lowest BCUT2D eigenvalue weighted by atomic mass is 9.88. The van der Waals surface area contributed by atoms with Gasteiger partial charge in [-0.2, -0.15) is 0 Å². The number of nitrogens with one attached hydrogen (secondary N) is 1. The zero-order valence-corrected chi connectivity index (χ0v) is 14.8. The molecular weight excluding hydrogens is 330 g/mol. The quantitative estimate of drug-likeness (QED) is 0.607. The SMILES string of the molecule is CCOC(=O)CC(c1ccccc1)c1c[nH]c2ccc(OCCO)cc12. The van der Waals surface area contributed by atoms with Crippen molar-refractivity contribution in [3.8, 4) is 5.75 Å². The summed E-state index contributed by atoms with van der Waals surface area (Å²) in [5.74, 6) is 0.357. The van der Waals surface area contributed by atoms with Gasteiger partial charge in [-0.25, -0.2) is 0 Å². The van der Waals surface area contributed by atoms with E-state index in [1.54, 1.807) is 0 Å². The lowest BCUT2D eigenvalue weighted by Crippen LogP contribution is -2.11.